The maximum absolute atomic E-state index is 2.74. The molecular weight excluding hydrogens is 719 g/mol. The zero-order valence-corrected chi connectivity index (χ0v) is 38.8. The smallest absolute Gasteiger partial charge is 0.184 e. The summed E-state index contributed by atoms with van der Waals surface area (Å²) >= 11 is 0. The molecule has 0 aromatic heterocycles. The topological polar surface area (TPSA) is 3.24 Å². The molecule has 0 N–H and O–H groups in total. The van der Waals surface area contributed by atoms with Gasteiger partial charge in [-0.2, -0.15) is 0 Å². The molecule has 296 valence electrons. The second-order valence-corrected chi connectivity index (χ2v) is 19.5. The largest absolute Gasteiger partial charge is 0.311 e. The summed E-state index contributed by atoms with van der Waals surface area (Å²) in [6, 6.07) is 71.1. The van der Waals surface area contributed by atoms with E-state index in [1.807, 2.05) is 83.1 Å². The minimum Gasteiger partial charge on any atom is -0.311 e. The van der Waals surface area contributed by atoms with Crippen molar-refractivity contribution in [1.82, 2.24) is 0 Å². The number of para-hydroxylation sites is 3. The summed E-state index contributed by atoms with van der Waals surface area (Å²) in [6.45, 7) is 24.0. The highest BCUT2D eigenvalue weighted by atomic mass is 28.3. The average Bonchev–Trinajstić information content (AvgIpc) is 3.34. The molecule has 0 saturated heterocycles. The normalized spacial score (nSPS) is 12.5. The van der Waals surface area contributed by atoms with Crippen LogP contribution in [0.1, 0.15) is 83.1 Å². The van der Waals surface area contributed by atoms with Crippen LogP contribution in [0.5, 0.6) is 0 Å². The lowest BCUT2D eigenvalue weighted by molar-refractivity contribution is 1.29. The molecule has 0 radical (unpaired) electrons. The van der Waals surface area contributed by atoms with Crippen LogP contribution in [0.15, 0.2) is 188 Å². The molecular formula is C54H67NSi2. The highest BCUT2D eigenvalue weighted by molar-refractivity contribution is 7.24. The van der Waals surface area contributed by atoms with E-state index in [1.165, 1.54) is 58.6 Å². The lowest BCUT2D eigenvalue weighted by atomic mass is 10.1. The summed E-state index contributed by atoms with van der Waals surface area (Å²) in [5, 5.41) is 11.5. The molecule has 3 heteroatoms. The predicted molar refractivity (Wildman–Crippen MR) is 264 cm³/mol. The quantitative estimate of drug-likeness (QED) is 0.161. The summed E-state index contributed by atoms with van der Waals surface area (Å²) in [6.07, 6.45) is 0. The van der Waals surface area contributed by atoms with E-state index in [-0.39, 0.29) is 0 Å². The molecule has 0 fully saturated rings. The van der Waals surface area contributed by atoms with Crippen LogP contribution in [0, 0.1) is 0 Å². The summed E-state index contributed by atoms with van der Waals surface area (Å²) in [5.41, 5.74) is 3.98. The number of benzene rings is 7. The molecule has 0 unspecified atom stereocenters. The van der Waals surface area contributed by atoms with Crippen LogP contribution in [0.2, 0.25) is 0 Å². The number of rotatable bonds is 4. The Balaban J connectivity index is 0.000000668. The lowest BCUT2D eigenvalue weighted by Gasteiger charge is -2.51. The van der Waals surface area contributed by atoms with Gasteiger partial charge in [0, 0.05) is 17.1 Å². The van der Waals surface area contributed by atoms with E-state index in [4.69, 9.17) is 0 Å². The molecule has 0 bridgehead atoms. The van der Waals surface area contributed by atoms with Gasteiger partial charge in [-0.3, -0.25) is 0 Å². The molecule has 7 aromatic carbocycles. The molecule has 1 nitrogen and oxygen atoms in total. The summed E-state index contributed by atoms with van der Waals surface area (Å²) in [4.78, 5) is 2.61. The fourth-order valence-electron chi connectivity index (χ4n) is 8.35. The van der Waals surface area contributed by atoms with Crippen molar-refractivity contribution in [3.05, 3.63) is 188 Å². The Kier molecular flexibility index (Phi) is 18.7. The molecule has 9 rings (SSSR count). The zero-order valence-electron chi connectivity index (χ0n) is 36.8. The third kappa shape index (κ3) is 8.01. The van der Waals surface area contributed by atoms with Crippen LogP contribution in [0.25, 0.3) is 0 Å². The van der Waals surface area contributed by atoms with E-state index in [0.717, 1.165) is 0 Å². The predicted octanol–water partition coefficient (Wildman–Crippen LogP) is 10.7. The van der Waals surface area contributed by atoms with Crippen molar-refractivity contribution in [2.45, 2.75) is 83.1 Å². The van der Waals surface area contributed by atoms with Crippen molar-refractivity contribution in [1.29, 1.82) is 0 Å². The Bertz CT molecular complexity index is 1930. The Hall–Kier alpha value is -5.23. The first-order chi connectivity index (χ1) is 28.4. The first-order valence-corrected chi connectivity index (χ1v) is 25.7. The van der Waals surface area contributed by atoms with Gasteiger partial charge in [-0.15, -0.1) is 0 Å². The third-order valence-electron chi connectivity index (χ3n) is 9.99. The number of fused-ring (bicyclic) bond motifs is 4. The van der Waals surface area contributed by atoms with E-state index < -0.39 is 16.1 Å². The van der Waals surface area contributed by atoms with Gasteiger partial charge in [-0.1, -0.05) is 259 Å². The van der Waals surface area contributed by atoms with E-state index in [2.05, 4.69) is 193 Å². The number of nitrogens with zero attached hydrogens (tertiary/aromatic N) is 1. The van der Waals surface area contributed by atoms with Crippen molar-refractivity contribution in [2.75, 3.05) is 4.90 Å². The van der Waals surface area contributed by atoms with Crippen LogP contribution in [0.3, 0.4) is 0 Å². The average molecular weight is 786 g/mol. The second kappa shape index (κ2) is 23.1. The molecule has 0 aliphatic carbocycles. The fraction of sp³-hybridized carbons (Fsp3) is 0.222. The third-order valence-corrected chi connectivity index (χ3v) is 19.7. The van der Waals surface area contributed by atoms with Crippen LogP contribution >= 0.6 is 0 Å². The number of anilines is 3. The van der Waals surface area contributed by atoms with Crippen LogP contribution in [-0.4, -0.2) is 16.1 Å². The first kappa shape index (κ1) is 46.2. The molecule has 0 saturated carbocycles. The van der Waals surface area contributed by atoms with Crippen molar-refractivity contribution in [2.24, 2.45) is 0 Å². The van der Waals surface area contributed by atoms with Gasteiger partial charge in [-0.25, -0.2) is 0 Å². The lowest BCUT2D eigenvalue weighted by Crippen LogP contribution is -2.82. The molecule has 0 spiro atoms. The molecule has 57 heavy (non-hydrogen) atoms. The molecule has 0 atom stereocenters. The maximum atomic E-state index is 2.61. The van der Waals surface area contributed by atoms with Gasteiger partial charge >= 0.3 is 0 Å². The van der Waals surface area contributed by atoms with Gasteiger partial charge in [0.25, 0.3) is 0 Å². The van der Waals surface area contributed by atoms with Crippen LogP contribution < -0.4 is 46.4 Å². The second-order valence-electron chi connectivity index (χ2n) is 12.0. The van der Waals surface area contributed by atoms with Gasteiger partial charge < -0.3 is 4.90 Å². The summed E-state index contributed by atoms with van der Waals surface area (Å²) in [5.74, 6) is 0. The number of hydrogen-bond donors (Lipinski definition) is 0. The van der Waals surface area contributed by atoms with E-state index in [9.17, 15) is 0 Å². The molecule has 2 aliphatic heterocycles. The number of hydrogen-bond acceptors (Lipinski definition) is 1. The van der Waals surface area contributed by atoms with Crippen LogP contribution in [0.4, 0.5) is 17.1 Å². The molecule has 2 aliphatic rings. The highest BCUT2D eigenvalue weighted by Crippen LogP contribution is 2.41. The Morgan fingerprint density at radius 3 is 0.754 bits per heavy atom. The SMILES string of the molecule is CC.CC.CC.CC.CC.CC.c1ccc([Si]2(c3ccccc3)c3ccccc3N3c4ccccc4[Si](c4ccccc4)(c4ccccc4)c4cccc2c43)cc1. The summed E-state index contributed by atoms with van der Waals surface area (Å²) in [7, 11) is -5.47. The van der Waals surface area contributed by atoms with E-state index in [0.29, 0.717) is 0 Å². The molecule has 2 heterocycles. The molecule has 0 amide bonds. The van der Waals surface area contributed by atoms with Gasteiger partial charge in [0.1, 0.15) is 0 Å². The summed E-state index contributed by atoms with van der Waals surface area (Å²) < 4.78 is 0. The minimum atomic E-state index is -2.74. The van der Waals surface area contributed by atoms with Crippen molar-refractivity contribution < 1.29 is 0 Å². The highest BCUT2D eigenvalue weighted by Gasteiger charge is 2.55. The fourth-order valence-corrected chi connectivity index (χ4v) is 18.7. The monoisotopic (exact) mass is 785 g/mol. The molecule has 7 aromatic rings. The van der Waals surface area contributed by atoms with Gasteiger partial charge in [0.2, 0.25) is 0 Å². The van der Waals surface area contributed by atoms with Crippen molar-refractivity contribution >= 4 is 74.7 Å². The first-order valence-electron chi connectivity index (χ1n) is 21.7. The minimum absolute atomic E-state index is 1.30. The Labute approximate surface area is 349 Å². The maximum Gasteiger partial charge on any atom is 0.184 e. The van der Waals surface area contributed by atoms with Crippen molar-refractivity contribution in [3.8, 4) is 0 Å². The van der Waals surface area contributed by atoms with Gasteiger partial charge in [0.05, 0.1) is 0 Å². The Morgan fingerprint density at radius 2 is 0.474 bits per heavy atom. The van der Waals surface area contributed by atoms with Crippen molar-refractivity contribution in [3.63, 3.8) is 0 Å². The van der Waals surface area contributed by atoms with Gasteiger partial charge in [-0.05, 0) is 53.6 Å². The Morgan fingerprint density at radius 1 is 0.246 bits per heavy atom. The van der Waals surface area contributed by atoms with Crippen LogP contribution in [-0.2, 0) is 0 Å². The van der Waals surface area contributed by atoms with E-state index >= 15 is 0 Å². The van der Waals surface area contributed by atoms with Gasteiger partial charge in [0.15, 0.2) is 16.1 Å². The standard InChI is InChI=1S/C42H31NSi2.6C2H6/c1-5-18-32(19-6-1)44(33-20-7-2-8-21-33)38-28-15-13-26-36(38)43-37-27-14-16-29-39(37)45(34-22-9-3-10-23-34,35-24-11-4-12-25-35)41-31-17-30-40(44)42(41)43;6*1-2/h1-31H;6*1-2H3. The van der Waals surface area contributed by atoms with E-state index in [1.54, 1.807) is 0 Å². The zero-order chi connectivity index (χ0) is 41.8.